The van der Waals surface area contributed by atoms with Gasteiger partial charge in [0.2, 0.25) is 0 Å². The van der Waals surface area contributed by atoms with Crippen LogP contribution in [0.15, 0.2) is 36.4 Å². The number of carbonyl (C=O) groups is 1. The van der Waals surface area contributed by atoms with E-state index in [0.29, 0.717) is 35.2 Å². The second kappa shape index (κ2) is 7.48. The first-order chi connectivity index (χ1) is 12.0. The zero-order valence-corrected chi connectivity index (χ0v) is 15.2. The maximum Gasteiger partial charge on any atom is 0.338 e. The lowest BCUT2D eigenvalue weighted by Crippen LogP contribution is -2.05. The summed E-state index contributed by atoms with van der Waals surface area (Å²) < 4.78 is 5.09. The number of esters is 1. The van der Waals surface area contributed by atoms with Crippen molar-refractivity contribution in [2.45, 2.75) is 13.3 Å². The van der Waals surface area contributed by atoms with E-state index in [1.807, 2.05) is 24.3 Å². The van der Waals surface area contributed by atoms with Crippen molar-refractivity contribution in [3.8, 4) is 11.3 Å². The molecule has 0 unspecified atom stereocenters. The normalized spacial score (nSPS) is 11.0. The average molecular weight is 377 g/mol. The van der Waals surface area contributed by atoms with Gasteiger partial charge < -0.3 is 15.5 Å². The largest absolute Gasteiger partial charge is 0.462 e. The lowest BCUT2D eigenvalue weighted by molar-refractivity contribution is 0.0526. The van der Waals surface area contributed by atoms with Crippen LogP contribution in [0.2, 0.25) is 10.0 Å². The third-order valence-electron chi connectivity index (χ3n) is 3.96. The van der Waals surface area contributed by atoms with Crippen LogP contribution in [0.5, 0.6) is 0 Å². The molecule has 0 amide bonds. The van der Waals surface area contributed by atoms with Gasteiger partial charge in [0.05, 0.1) is 12.2 Å². The minimum absolute atomic E-state index is 0.336. The maximum absolute atomic E-state index is 12.0. The van der Waals surface area contributed by atoms with E-state index in [9.17, 15) is 4.79 Å². The number of ether oxygens (including phenoxy) is 1. The quantitative estimate of drug-likeness (QED) is 0.627. The number of fused-ring (bicyclic) bond motifs is 1. The van der Waals surface area contributed by atoms with Gasteiger partial charge in [-0.1, -0.05) is 23.2 Å². The van der Waals surface area contributed by atoms with Crippen molar-refractivity contribution in [1.29, 1.82) is 0 Å². The molecule has 0 aliphatic heterocycles. The third kappa shape index (κ3) is 3.66. The lowest BCUT2D eigenvalue weighted by Gasteiger charge is -2.06. The molecule has 1 heterocycles. The summed E-state index contributed by atoms with van der Waals surface area (Å²) in [6, 6.07) is 10.9. The molecule has 0 atom stereocenters. The summed E-state index contributed by atoms with van der Waals surface area (Å²) in [5.41, 5.74) is 10.1. The number of aromatic amines is 1. The van der Waals surface area contributed by atoms with E-state index in [1.165, 1.54) is 0 Å². The van der Waals surface area contributed by atoms with Crippen LogP contribution in [0.1, 0.15) is 22.8 Å². The summed E-state index contributed by atoms with van der Waals surface area (Å²) in [6.45, 7) is 2.61. The highest BCUT2D eigenvalue weighted by molar-refractivity contribution is 6.35. The molecule has 3 aromatic rings. The van der Waals surface area contributed by atoms with E-state index in [-0.39, 0.29) is 5.97 Å². The van der Waals surface area contributed by atoms with E-state index in [2.05, 4.69) is 4.98 Å². The molecular weight excluding hydrogens is 359 g/mol. The highest BCUT2D eigenvalue weighted by Crippen LogP contribution is 2.34. The zero-order valence-electron chi connectivity index (χ0n) is 13.7. The first-order valence-electron chi connectivity index (χ1n) is 8.01. The summed E-state index contributed by atoms with van der Waals surface area (Å²) in [6.07, 6.45) is 0.658. The van der Waals surface area contributed by atoms with Crippen molar-refractivity contribution >= 4 is 40.1 Å². The molecule has 25 heavy (non-hydrogen) atoms. The molecule has 0 saturated carbocycles. The van der Waals surface area contributed by atoms with Crippen LogP contribution in [0.3, 0.4) is 0 Å². The Morgan fingerprint density at radius 3 is 2.52 bits per heavy atom. The van der Waals surface area contributed by atoms with Gasteiger partial charge in [0.1, 0.15) is 0 Å². The molecule has 0 aliphatic carbocycles. The molecule has 2 aromatic carbocycles. The second-order valence-corrected chi connectivity index (χ2v) is 6.53. The van der Waals surface area contributed by atoms with E-state index in [4.69, 9.17) is 33.7 Å². The van der Waals surface area contributed by atoms with Crippen LogP contribution in [0.4, 0.5) is 0 Å². The van der Waals surface area contributed by atoms with Gasteiger partial charge in [-0.2, -0.15) is 0 Å². The highest BCUT2D eigenvalue weighted by atomic mass is 35.5. The highest BCUT2D eigenvalue weighted by Gasteiger charge is 2.16. The standard InChI is InChI=1S/C19H18Cl2N2O2/c1-2-25-19(24)11-3-4-17-16(9-11)15(5-6-22)18(23-17)12-7-13(20)10-14(21)8-12/h3-4,7-10,23H,2,5-6,22H2,1H3. The third-order valence-corrected chi connectivity index (χ3v) is 4.40. The van der Waals surface area contributed by atoms with Crippen LogP contribution < -0.4 is 5.73 Å². The zero-order chi connectivity index (χ0) is 18.0. The Labute approximate surface area is 155 Å². The number of hydrogen-bond donors (Lipinski definition) is 2. The molecule has 0 bridgehead atoms. The van der Waals surface area contributed by atoms with Gasteiger partial charge in [-0.25, -0.2) is 4.79 Å². The van der Waals surface area contributed by atoms with Crippen molar-refractivity contribution in [2.24, 2.45) is 5.73 Å². The lowest BCUT2D eigenvalue weighted by atomic mass is 10.0. The van der Waals surface area contributed by atoms with Crippen molar-refractivity contribution in [3.63, 3.8) is 0 Å². The average Bonchev–Trinajstić information content (AvgIpc) is 2.92. The summed E-state index contributed by atoms with van der Waals surface area (Å²) in [4.78, 5) is 15.4. The SMILES string of the molecule is CCOC(=O)c1ccc2[nH]c(-c3cc(Cl)cc(Cl)c3)c(CCN)c2c1. The fourth-order valence-electron chi connectivity index (χ4n) is 2.94. The number of aromatic nitrogens is 1. The molecule has 0 fully saturated rings. The van der Waals surface area contributed by atoms with Crippen molar-refractivity contribution in [1.82, 2.24) is 4.98 Å². The van der Waals surface area contributed by atoms with Crippen molar-refractivity contribution in [2.75, 3.05) is 13.2 Å². The number of H-pyrrole nitrogens is 1. The van der Waals surface area contributed by atoms with Gasteiger partial charge in [-0.3, -0.25) is 0 Å². The molecule has 3 N–H and O–H groups in total. The van der Waals surface area contributed by atoms with E-state index < -0.39 is 0 Å². The van der Waals surface area contributed by atoms with Crippen LogP contribution in [0, 0.1) is 0 Å². The van der Waals surface area contributed by atoms with E-state index >= 15 is 0 Å². The molecule has 0 saturated heterocycles. The Hall–Kier alpha value is -2.01. The molecule has 4 nitrogen and oxygen atoms in total. The number of rotatable bonds is 5. The maximum atomic E-state index is 12.0. The number of hydrogen-bond acceptors (Lipinski definition) is 3. The molecule has 0 spiro atoms. The number of halogens is 2. The summed E-state index contributed by atoms with van der Waals surface area (Å²) in [7, 11) is 0. The van der Waals surface area contributed by atoms with Crippen LogP contribution in [-0.2, 0) is 11.2 Å². The van der Waals surface area contributed by atoms with E-state index in [0.717, 1.165) is 27.7 Å². The minimum atomic E-state index is -0.336. The topological polar surface area (TPSA) is 68.1 Å². The number of benzene rings is 2. The Balaban J connectivity index is 2.18. The fourth-order valence-corrected chi connectivity index (χ4v) is 3.46. The molecule has 0 radical (unpaired) electrons. The molecule has 130 valence electrons. The Kier molecular flexibility index (Phi) is 5.33. The van der Waals surface area contributed by atoms with Crippen LogP contribution in [-0.4, -0.2) is 24.1 Å². The summed E-state index contributed by atoms with van der Waals surface area (Å²) in [5, 5.41) is 2.07. The first kappa shape index (κ1) is 17.8. The minimum Gasteiger partial charge on any atom is -0.462 e. The predicted octanol–water partition coefficient (Wildman–Crippen LogP) is 4.82. The van der Waals surface area contributed by atoms with Gasteiger partial charge in [0.15, 0.2) is 0 Å². The molecular formula is C19H18Cl2N2O2. The Bertz CT molecular complexity index is 914. The smallest absolute Gasteiger partial charge is 0.338 e. The predicted molar refractivity (Wildman–Crippen MR) is 102 cm³/mol. The van der Waals surface area contributed by atoms with Crippen molar-refractivity contribution in [3.05, 3.63) is 57.6 Å². The molecule has 0 aliphatic rings. The first-order valence-corrected chi connectivity index (χ1v) is 8.77. The number of nitrogens with two attached hydrogens (primary N) is 1. The molecule has 3 rings (SSSR count). The monoisotopic (exact) mass is 376 g/mol. The molecule has 1 aromatic heterocycles. The van der Waals surface area contributed by atoms with Crippen molar-refractivity contribution < 1.29 is 9.53 Å². The number of carbonyl (C=O) groups excluding carboxylic acids is 1. The van der Waals surface area contributed by atoms with Crippen LogP contribution in [0.25, 0.3) is 22.2 Å². The van der Waals surface area contributed by atoms with Gasteiger partial charge >= 0.3 is 5.97 Å². The summed E-state index contributed by atoms with van der Waals surface area (Å²) in [5.74, 6) is -0.336. The molecule has 6 heteroatoms. The fraction of sp³-hybridized carbons (Fsp3) is 0.211. The Morgan fingerprint density at radius 1 is 1.16 bits per heavy atom. The van der Waals surface area contributed by atoms with Gasteiger partial charge in [0, 0.05) is 32.2 Å². The number of nitrogens with one attached hydrogen (secondary N) is 1. The summed E-state index contributed by atoms with van der Waals surface area (Å²) >= 11 is 12.3. The van der Waals surface area contributed by atoms with Gasteiger partial charge in [-0.15, -0.1) is 0 Å². The van der Waals surface area contributed by atoms with Gasteiger partial charge in [0.25, 0.3) is 0 Å². The van der Waals surface area contributed by atoms with Gasteiger partial charge in [-0.05, 0) is 61.9 Å². The van der Waals surface area contributed by atoms with E-state index in [1.54, 1.807) is 19.1 Å². The van der Waals surface area contributed by atoms with Crippen LogP contribution >= 0.6 is 23.2 Å². The second-order valence-electron chi connectivity index (χ2n) is 5.66. The Morgan fingerprint density at radius 2 is 1.88 bits per heavy atom.